The van der Waals surface area contributed by atoms with Crippen molar-refractivity contribution >= 4 is 45.9 Å². The van der Waals surface area contributed by atoms with Crippen molar-refractivity contribution in [1.82, 2.24) is 4.98 Å². The van der Waals surface area contributed by atoms with Gasteiger partial charge in [-0.05, 0) is 35.9 Å². The zero-order valence-electron chi connectivity index (χ0n) is 13.0. The molecule has 1 aromatic heterocycles. The van der Waals surface area contributed by atoms with Crippen molar-refractivity contribution in [2.24, 2.45) is 0 Å². The van der Waals surface area contributed by atoms with E-state index in [4.69, 9.17) is 23.2 Å². The van der Waals surface area contributed by atoms with E-state index in [9.17, 15) is 4.79 Å². The fourth-order valence-electron chi connectivity index (χ4n) is 2.97. The third kappa shape index (κ3) is 2.93. The van der Waals surface area contributed by atoms with Gasteiger partial charge in [-0.3, -0.25) is 4.79 Å². The topological polar surface area (TPSA) is 42.0 Å². The Morgan fingerprint density at radius 3 is 2.44 bits per heavy atom. The molecule has 2 aromatic carbocycles. The highest BCUT2D eigenvalue weighted by Crippen LogP contribution is 2.40. The minimum Gasteiger partial charge on any atom is -0.321 e. The van der Waals surface area contributed by atoms with Crippen LogP contribution in [0.1, 0.15) is 16.7 Å². The van der Waals surface area contributed by atoms with Crippen LogP contribution in [0.4, 0.5) is 5.69 Å². The fourth-order valence-corrected chi connectivity index (χ4v) is 3.26. The van der Waals surface area contributed by atoms with Crippen LogP contribution in [0.2, 0.25) is 10.2 Å². The predicted octanol–water partition coefficient (Wildman–Crippen LogP) is 5.30. The number of hydrogen-bond donors (Lipinski definition) is 1. The molecule has 0 unspecified atom stereocenters. The van der Waals surface area contributed by atoms with Crippen LogP contribution in [0.15, 0.2) is 66.9 Å². The second kappa shape index (κ2) is 6.36. The molecule has 0 fully saturated rings. The lowest BCUT2D eigenvalue weighted by Gasteiger charge is -2.12. The molecule has 1 aliphatic rings. The molecular formula is C20H12Cl2N2O. The van der Waals surface area contributed by atoms with Gasteiger partial charge < -0.3 is 5.32 Å². The molecule has 5 heteroatoms. The smallest absolute Gasteiger partial charge is 0.257 e. The Morgan fingerprint density at radius 2 is 1.72 bits per heavy atom. The van der Waals surface area contributed by atoms with Crippen molar-refractivity contribution in [2.75, 3.05) is 5.32 Å². The standard InChI is InChI=1S/C20H12Cl2N2O/c21-14-7-8-16-15(10-14)19(20(25)24-16)18(12-4-2-1-3-5-12)13-6-9-17(22)23-11-13/h1-11H,(H,24,25)/b19-18+. The van der Waals surface area contributed by atoms with Gasteiger partial charge in [-0.25, -0.2) is 4.98 Å². The van der Waals surface area contributed by atoms with Crippen LogP contribution in [-0.2, 0) is 4.79 Å². The highest BCUT2D eigenvalue weighted by atomic mass is 35.5. The molecule has 0 bridgehead atoms. The Morgan fingerprint density at radius 1 is 0.920 bits per heavy atom. The maximum atomic E-state index is 12.7. The second-order valence-electron chi connectivity index (χ2n) is 5.63. The minimum absolute atomic E-state index is 0.161. The summed E-state index contributed by atoms with van der Waals surface area (Å²) in [7, 11) is 0. The molecule has 4 rings (SSSR count). The average molecular weight is 367 g/mol. The van der Waals surface area contributed by atoms with Gasteiger partial charge >= 0.3 is 0 Å². The molecular weight excluding hydrogens is 355 g/mol. The number of amides is 1. The van der Waals surface area contributed by atoms with Crippen molar-refractivity contribution in [3.63, 3.8) is 0 Å². The highest BCUT2D eigenvalue weighted by molar-refractivity contribution is 6.39. The number of rotatable bonds is 2. The number of anilines is 1. The van der Waals surface area contributed by atoms with Crippen molar-refractivity contribution < 1.29 is 4.79 Å². The Bertz CT molecular complexity index is 996. The van der Waals surface area contributed by atoms with E-state index in [1.54, 1.807) is 24.4 Å². The molecule has 1 aliphatic heterocycles. The van der Waals surface area contributed by atoms with Gasteiger partial charge in [0.2, 0.25) is 0 Å². The van der Waals surface area contributed by atoms with Gasteiger partial charge in [-0.1, -0.05) is 53.5 Å². The zero-order chi connectivity index (χ0) is 17.4. The van der Waals surface area contributed by atoms with Gasteiger partial charge in [0.1, 0.15) is 5.15 Å². The van der Waals surface area contributed by atoms with Crippen molar-refractivity contribution in [3.05, 3.63) is 93.7 Å². The average Bonchev–Trinajstić information content (AvgIpc) is 2.93. The van der Waals surface area contributed by atoms with Crippen LogP contribution in [-0.4, -0.2) is 10.9 Å². The molecule has 122 valence electrons. The number of pyridine rings is 1. The number of carbonyl (C=O) groups excluding carboxylic acids is 1. The lowest BCUT2D eigenvalue weighted by molar-refractivity contribution is -0.110. The molecule has 3 nitrogen and oxygen atoms in total. The van der Waals surface area contributed by atoms with Crippen LogP contribution in [0.25, 0.3) is 11.1 Å². The van der Waals surface area contributed by atoms with Gasteiger partial charge in [0.25, 0.3) is 5.91 Å². The Balaban J connectivity index is 2.04. The Hall–Kier alpha value is -2.62. The number of aromatic nitrogens is 1. The summed E-state index contributed by atoms with van der Waals surface area (Å²) in [6.45, 7) is 0. The maximum Gasteiger partial charge on any atom is 0.257 e. The SMILES string of the molecule is O=C1Nc2ccc(Cl)cc2/C1=C(/c1ccccc1)c1ccc(Cl)nc1. The van der Waals surface area contributed by atoms with E-state index in [1.165, 1.54) is 0 Å². The van der Waals surface area contributed by atoms with Crippen LogP contribution in [0.5, 0.6) is 0 Å². The summed E-state index contributed by atoms with van der Waals surface area (Å²) in [5, 5.41) is 3.89. The first-order chi connectivity index (χ1) is 12.1. The van der Waals surface area contributed by atoms with Gasteiger partial charge in [-0.2, -0.15) is 0 Å². The summed E-state index contributed by atoms with van der Waals surface area (Å²) in [6.07, 6.45) is 1.67. The number of nitrogens with zero attached hydrogens (tertiary/aromatic N) is 1. The summed E-state index contributed by atoms with van der Waals surface area (Å²) in [5.41, 5.74) is 4.64. The van der Waals surface area contributed by atoms with Crippen LogP contribution in [0, 0.1) is 0 Å². The minimum atomic E-state index is -0.161. The summed E-state index contributed by atoms with van der Waals surface area (Å²) >= 11 is 12.1. The van der Waals surface area contributed by atoms with E-state index >= 15 is 0 Å². The number of fused-ring (bicyclic) bond motifs is 1. The van der Waals surface area contributed by atoms with Gasteiger partial charge in [0, 0.05) is 33.6 Å². The van der Waals surface area contributed by atoms with E-state index in [2.05, 4.69) is 10.3 Å². The summed E-state index contributed by atoms with van der Waals surface area (Å²) in [5.74, 6) is -0.161. The molecule has 1 amide bonds. The molecule has 3 aromatic rings. The molecule has 2 heterocycles. The van der Waals surface area contributed by atoms with Crippen molar-refractivity contribution in [2.45, 2.75) is 0 Å². The Labute approximate surface area is 154 Å². The van der Waals surface area contributed by atoms with Gasteiger partial charge in [-0.15, -0.1) is 0 Å². The number of carbonyl (C=O) groups is 1. The number of nitrogens with one attached hydrogen (secondary N) is 1. The first-order valence-electron chi connectivity index (χ1n) is 7.66. The van der Waals surface area contributed by atoms with Crippen LogP contribution < -0.4 is 5.32 Å². The lowest BCUT2D eigenvalue weighted by atomic mass is 9.91. The van der Waals surface area contributed by atoms with Gasteiger partial charge in [0.15, 0.2) is 0 Å². The van der Waals surface area contributed by atoms with Crippen LogP contribution >= 0.6 is 23.2 Å². The van der Waals surface area contributed by atoms with Gasteiger partial charge in [0.05, 0.1) is 5.57 Å². The highest BCUT2D eigenvalue weighted by Gasteiger charge is 2.29. The molecule has 0 aliphatic carbocycles. The number of hydrogen-bond acceptors (Lipinski definition) is 2. The largest absolute Gasteiger partial charge is 0.321 e. The second-order valence-corrected chi connectivity index (χ2v) is 6.45. The van der Waals surface area contributed by atoms with Crippen molar-refractivity contribution in [3.8, 4) is 0 Å². The quantitative estimate of drug-likeness (QED) is 0.493. The maximum absolute atomic E-state index is 12.7. The zero-order valence-corrected chi connectivity index (χ0v) is 14.5. The van der Waals surface area contributed by atoms with E-state index in [0.29, 0.717) is 15.7 Å². The van der Waals surface area contributed by atoms with Crippen LogP contribution in [0.3, 0.4) is 0 Å². The first kappa shape index (κ1) is 15.9. The monoisotopic (exact) mass is 366 g/mol. The normalized spacial score (nSPS) is 14.9. The molecule has 0 radical (unpaired) electrons. The van der Waals surface area contributed by atoms with Crippen molar-refractivity contribution in [1.29, 1.82) is 0 Å². The molecule has 0 spiro atoms. The number of benzene rings is 2. The summed E-state index contributed by atoms with van der Waals surface area (Å²) in [6, 6.07) is 18.7. The fraction of sp³-hybridized carbons (Fsp3) is 0. The van der Waals surface area contributed by atoms with E-state index in [-0.39, 0.29) is 5.91 Å². The first-order valence-corrected chi connectivity index (χ1v) is 8.42. The number of halogens is 2. The summed E-state index contributed by atoms with van der Waals surface area (Å²) < 4.78 is 0. The third-order valence-corrected chi connectivity index (χ3v) is 4.51. The molecule has 25 heavy (non-hydrogen) atoms. The van der Waals surface area contributed by atoms with E-state index < -0.39 is 0 Å². The third-order valence-electron chi connectivity index (χ3n) is 4.05. The molecule has 0 saturated carbocycles. The molecule has 0 saturated heterocycles. The van der Waals surface area contributed by atoms with E-state index in [1.807, 2.05) is 42.5 Å². The molecule has 1 N–H and O–H groups in total. The predicted molar refractivity (Wildman–Crippen MR) is 102 cm³/mol. The Kier molecular flexibility index (Phi) is 4.04. The molecule has 0 atom stereocenters. The van der Waals surface area contributed by atoms with E-state index in [0.717, 1.165) is 28.0 Å². The summed E-state index contributed by atoms with van der Waals surface area (Å²) in [4.78, 5) is 16.9. The lowest BCUT2D eigenvalue weighted by Crippen LogP contribution is -2.06.